The molecule has 0 atom stereocenters. The number of hydrogen-bond acceptors (Lipinski definition) is 4. The third-order valence-electron chi connectivity index (χ3n) is 3.48. The zero-order chi connectivity index (χ0) is 12.6. The van der Waals surface area contributed by atoms with Gasteiger partial charge in [-0.1, -0.05) is 0 Å². The summed E-state index contributed by atoms with van der Waals surface area (Å²) in [5.74, 6) is 0.741. The van der Waals surface area contributed by atoms with Crippen molar-refractivity contribution in [3.8, 4) is 11.5 Å². The van der Waals surface area contributed by atoms with Crippen LogP contribution in [0.3, 0.4) is 0 Å². The van der Waals surface area contributed by atoms with E-state index in [-0.39, 0.29) is 0 Å². The van der Waals surface area contributed by atoms with E-state index in [0.717, 1.165) is 24.3 Å². The Hall–Kier alpha value is -1.91. The molecule has 1 aromatic rings. The monoisotopic (exact) mass is 249 g/mol. The van der Waals surface area contributed by atoms with Crippen LogP contribution in [0.2, 0.25) is 0 Å². The van der Waals surface area contributed by atoms with Crippen molar-refractivity contribution < 1.29 is 19.4 Å². The van der Waals surface area contributed by atoms with Crippen LogP contribution in [-0.2, 0) is 4.79 Å². The fraction of sp³-hybridized carbons (Fsp3) is 0.462. The van der Waals surface area contributed by atoms with Crippen LogP contribution >= 0.6 is 0 Å². The minimum absolute atomic E-state index is 0.460. The molecule has 0 bridgehead atoms. The Bertz CT molecular complexity index is 482. The Morgan fingerprint density at radius 2 is 2.00 bits per heavy atom. The van der Waals surface area contributed by atoms with E-state index in [1.807, 2.05) is 18.2 Å². The van der Waals surface area contributed by atoms with Gasteiger partial charge in [0.2, 0.25) is 0 Å². The maximum Gasteiger partial charge on any atom is 0.311 e. The zero-order valence-corrected chi connectivity index (χ0v) is 9.94. The van der Waals surface area contributed by atoms with E-state index in [2.05, 4.69) is 5.32 Å². The summed E-state index contributed by atoms with van der Waals surface area (Å²) in [5, 5.41) is 12.3. The van der Waals surface area contributed by atoms with E-state index in [1.165, 1.54) is 0 Å². The summed E-state index contributed by atoms with van der Waals surface area (Å²) in [6.07, 6.45) is 1.50. The quantitative estimate of drug-likeness (QED) is 0.850. The van der Waals surface area contributed by atoms with Crippen LogP contribution < -0.4 is 14.8 Å². The lowest BCUT2D eigenvalue weighted by atomic mass is 10.1. The zero-order valence-electron chi connectivity index (χ0n) is 9.94. The molecule has 3 rings (SSSR count). The molecule has 5 nitrogen and oxygen atoms in total. The molecule has 1 saturated carbocycles. The summed E-state index contributed by atoms with van der Waals surface area (Å²) >= 11 is 0. The Labute approximate surface area is 105 Å². The Morgan fingerprint density at radius 1 is 1.28 bits per heavy atom. The Kier molecular flexibility index (Phi) is 2.54. The summed E-state index contributed by atoms with van der Waals surface area (Å²) in [5.41, 5.74) is 0.305. The lowest BCUT2D eigenvalue weighted by molar-refractivity contribution is -0.142. The van der Waals surface area contributed by atoms with Crippen molar-refractivity contribution in [3.63, 3.8) is 0 Å². The molecule has 5 heteroatoms. The van der Waals surface area contributed by atoms with Gasteiger partial charge in [-0.25, -0.2) is 0 Å². The van der Waals surface area contributed by atoms with Crippen molar-refractivity contribution in [2.45, 2.75) is 12.8 Å². The summed E-state index contributed by atoms with van der Waals surface area (Å²) in [6, 6.07) is 5.58. The molecule has 18 heavy (non-hydrogen) atoms. The molecule has 1 aliphatic heterocycles. The molecule has 0 saturated heterocycles. The minimum atomic E-state index is -0.715. The van der Waals surface area contributed by atoms with Gasteiger partial charge < -0.3 is 19.9 Å². The summed E-state index contributed by atoms with van der Waals surface area (Å²) in [7, 11) is 0. The number of anilines is 1. The number of carboxylic acids is 1. The second kappa shape index (κ2) is 4.08. The average Bonchev–Trinajstić information content (AvgIpc) is 3.17. The molecule has 0 spiro atoms. The molecule has 1 aliphatic carbocycles. The second-order valence-corrected chi connectivity index (χ2v) is 4.80. The topological polar surface area (TPSA) is 67.8 Å². The minimum Gasteiger partial charge on any atom is -0.486 e. The van der Waals surface area contributed by atoms with Gasteiger partial charge in [-0.2, -0.15) is 0 Å². The number of carboxylic acid groups (broad SMARTS) is 1. The first-order valence-corrected chi connectivity index (χ1v) is 6.07. The van der Waals surface area contributed by atoms with Crippen molar-refractivity contribution in [1.29, 1.82) is 0 Å². The van der Waals surface area contributed by atoms with E-state index in [0.29, 0.717) is 25.5 Å². The van der Waals surface area contributed by atoms with E-state index >= 15 is 0 Å². The van der Waals surface area contributed by atoms with Crippen molar-refractivity contribution in [3.05, 3.63) is 18.2 Å². The third kappa shape index (κ3) is 1.96. The van der Waals surface area contributed by atoms with Gasteiger partial charge in [0.1, 0.15) is 13.2 Å². The average molecular weight is 249 g/mol. The molecule has 0 radical (unpaired) electrons. The molecule has 0 amide bonds. The molecule has 1 fully saturated rings. The van der Waals surface area contributed by atoms with Crippen LogP contribution in [0.15, 0.2) is 18.2 Å². The van der Waals surface area contributed by atoms with Gasteiger partial charge in [0.25, 0.3) is 0 Å². The number of nitrogens with one attached hydrogen (secondary N) is 1. The van der Waals surface area contributed by atoms with Gasteiger partial charge in [0, 0.05) is 18.3 Å². The van der Waals surface area contributed by atoms with E-state index in [9.17, 15) is 4.79 Å². The number of rotatable bonds is 4. The molecule has 0 unspecified atom stereocenters. The highest BCUT2D eigenvalue weighted by molar-refractivity contribution is 5.78. The number of carbonyl (C=O) groups is 1. The summed E-state index contributed by atoms with van der Waals surface area (Å²) < 4.78 is 10.9. The first-order chi connectivity index (χ1) is 8.70. The fourth-order valence-corrected chi connectivity index (χ4v) is 2.04. The predicted octanol–water partition coefficient (Wildman–Crippen LogP) is 1.73. The third-order valence-corrected chi connectivity index (χ3v) is 3.48. The van der Waals surface area contributed by atoms with Crippen molar-refractivity contribution in [2.24, 2.45) is 5.41 Å². The fourth-order valence-electron chi connectivity index (χ4n) is 2.04. The van der Waals surface area contributed by atoms with Gasteiger partial charge in [0.15, 0.2) is 11.5 Å². The molecular formula is C13H15NO4. The van der Waals surface area contributed by atoms with Gasteiger partial charge in [-0.3, -0.25) is 4.79 Å². The van der Waals surface area contributed by atoms with E-state index in [1.54, 1.807) is 0 Å². The van der Waals surface area contributed by atoms with E-state index < -0.39 is 11.4 Å². The summed E-state index contributed by atoms with van der Waals surface area (Å²) in [6.45, 7) is 1.58. The molecule has 96 valence electrons. The SMILES string of the molecule is O=C(O)C1(CNc2ccc3c(c2)OCCO3)CC1. The van der Waals surface area contributed by atoms with Gasteiger partial charge in [-0.15, -0.1) is 0 Å². The highest BCUT2D eigenvalue weighted by atomic mass is 16.6. The van der Waals surface area contributed by atoms with Gasteiger partial charge in [-0.05, 0) is 25.0 Å². The van der Waals surface area contributed by atoms with Crippen LogP contribution in [0.4, 0.5) is 5.69 Å². The lowest BCUT2D eigenvalue weighted by Gasteiger charge is -2.19. The van der Waals surface area contributed by atoms with Crippen LogP contribution in [-0.4, -0.2) is 30.8 Å². The predicted molar refractivity (Wildman–Crippen MR) is 65.2 cm³/mol. The van der Waals surface area contributed by atoms with Crippen LogP contribution in [0, 0.1) is 5.41 Å². The van der Waals surface area contributed by atoms with Crippen LogP contribution in [0.5, 0.6) is 11.5 Å². The van der Waals surface area contributed by atoms with Gasteiger partial charge >= 0.3 is 5.97 Å². The molecule has 2 N–H and O–H groups in total. The molecule has 2 aliphatic rings. The highest BCUT2D eigenvalue weighted by Crippen LogP contribution is 2.46. The van der Waals surface area contributed by atoms with E-state index in [4.69, 9.17) is 14.6 Å². The largest absolute Gasteiger partial charge is 0.486 e. The Balaban J connectivity index is 1.68. The van der Waals surface area contributed by atoms with Crippen molar-refractivity contribution in [2.75, 3.05) is 25.1 Å². The number of benzene rings is 1. The van der Waals surface area contributed by atoms with Crippen molar-refractivity contribution >= 4 is 11.7 Å². The Morgan fingerprint density at radius 3 is 2.67 bits per heavy atom. The number of aliphatic carboxylic acids is 1. The number of fused-ring (bicyclic) bond motifs is 1. The van der Waals surface area contributed by atoms with Gasteiger partial charge in [0.05, 0.1) is 5.41 Å². The standard InChI is InChI=1S/C13H15NO4/c15-12(16)13(3-4-13)8-14-9-1-2-10-11(7-9)18-6-5-17-10/h1-2,7,14H,3-6,8H2,(H,15,16). The van der Waals surface area contributed by atoms with Crippen LogP contribution in [0.25, 0.3) is 0 Å². The second-order valence-electron chi connectivity index (χ2n) is 4.80. The van der Waals surface area contributed by atoms with Crippen molar-refractivity contribution in [1.82, 2.24) is 0 Å². The molecule has 1 aromatic carbocycles. The smallest absolute Gasteiger partial charge is 0.311 e. The normalized spacial score (nSPS) is 19.1. The maximum absolute atomic E-state index is 11.1. The molecule has 0 aromatic heterocycles. The highest BCUT2D eigenvalue weighted by Gasteiger charge is 2.49. The molecular weight excluding hydrogens is 234 g/mol. The number of hydrogen-bond donors (Lipinski definition) is 2. The molecule has 1 heterocycles. The first kappa shape index (κ1) is 11.2. The summed E-state index contributed by atoms with van der Waals surface area (Å²) in [4.78, 5) is 11.1. The first-order valence-electron chi connectivity index (χ1n) is 6.07. The number of ether oxygens (including phenoxy) is 2. The maximum atomic E-state index is 11.1. The lowest BCUT2D eigenvalue weighted by Crippen LogP contribution is -2.24. The van der Waals surface area contributed by atoms with Crippen LogP contribution in [0.1, 0.15) is 12.8 Å².